The molecule has 0 saturated carbocycles. The second-order valence-electron chi connectivity index (χ2n) is 13.9. The molecule has 2 aromatic rings. The highest BCUT2D eigenvalue weighted by Crippen LogP contribution is 2.43. The SMILES string of the molecule is COc1ccc([C@@]2(O)O[C@H](COC(C)=O)[C@@H](OC(C)=O)[C@H](OC(C)=O)[C@H]2OC(C)=O)cc1Cc1ccc(C#C[Si](C(C)C)(C(C)C)C(C)C)cc1. The van der Waals surface area contributed by atoms with Crippen molar-refractivity contribution in [1.82, 2.24) is 0 Å². The highest BCUT2D eigenvalue weighted by atomic mass is 28.3. The van der Waals surface area contributed by atoms with Crippen molar-refractivity contribution in [1.29, 1.82) is 0 Å². The standard InChI is InChI=1S/C39H52O11Si/c1-23(2)51(24(3)4,25(5)6)19-18-30-12-14-31(15-13-30)20-32-21-33(16-17-34(32)45-11)39(44)38(49-29(10)43)37(48-28(9)42)36(47-27(8)41)35(50-39)22-46-26(7)40/h12-17,21,23-25,35-38,44H,20,22H2,1-11H3/t35-,36-,37+,38-,39-/m1/s1. The number of esters is 4. The number of rotatable bonds is 12. The van der Waals surface area contributed by atoms with Gasteiger partial charge in [-0.05, 0) is 58.1 Å². The Bertz CT molecular complexity index is 1600. The molecule has 1 saturated heterocycles. The Hall–Kier alpha value is -4.18. The lowest BCUT2D eigenvalue weighted by atomic mass is 9.86. The van der Waals surface area contributed by atoms with Crippen LogP contribution in [0.25, 0.3) is 0 Å². The summed E-state index contributed by atoms with van der Waals surface area (Å²) in [5.74, 6) is -1.55. The summed E-state index contributed by atoms with van der Waals surface area (Å²) >= 11 is 0. The molecule has 0 bridgehead atoms. The Kier molecular flexibility index (Phi) is 14.0. The summed E-state index contributed by atoms with van der Waals surface area (Å²) < 4.78 is 33.5. The third-order valence-corrected chi connectivity index (χ3v) is 15.7. The van der Waals surface area contributed by atoms with Gasteiger partial charge in [0.15, 0.2) is 12.2 Å². The molecule has 1 N–H and O–H groups in total. The lowest BCUT2D eigenvalue weighted by molar-refractivity contribution is -0.360. The lowest BCUT2D eigenvalue weighted by Gasteiger charge is -2.48. The van der Waals surface area contributed by atoms with Gasteiger partial charge in [-0.2, -0.15) is 0 Å². The van der Waals surface area contributed by atoms with Gasteiger partial charge in [-0.3, -0.25) is 19.2 Å². The number of hydrogen-bond donors (Lipinski definition) is 1. The first-order chi connectivity index (χ1) is 23.8. The van der Waals surface area contributed by atoms with Crippen LogP contribution in [0.1, 0.15) is 91.5 Å². The van der Waals surface area contributed by atoms with Crippen LogP contribution < -0.4 is 4.74 Å². The predicted octanol–water partition coefficient (Wildman–Crippen LogP) is 5.76. The first-order valence-electron chi connectivity index (χ1n) is 17.2. The molecular weight excluding hydrogens is 673 g/mol. The van der Waals surface area contributed by atoms with Gasteiger partial charge in [0.2, 0.25) is 11.9 Å². The molecule has 0 unspecified atom stereocenters. The van der Waals surface area contributed by atoms with Crippen molar-refractivity contribution in [3.63, 3.8) is 0 Å². The van der Waals surface area contributed by atoms with E-state index in [4.69, 9.17) is 28.4 Å². The van der Waals surface area contributed by atoms with E-state index in [9.17, 15) is 24.3 Å². The second kappa shape index (κ2) is 17.4. The van der Waals surface area contributed by atoms with Crippen molar-refractivity contribution in [2.75, 3.05) is 13.7 Å². The number of ether oxygens (including phenoxy) is 6. The van der Waals surface area contributed by atoms with Crippen LogP contribution in [0.4, 0.5) is 0 Å². The van der Waals surface area contributed by atoms with Crippen molar-refractivity contribution in [3.05, 3.63) is 64.7 Å². The van der Waals surface area contributed by atoms with Crippen LogP contribution in [-0.4, -0.2) is 75.2 Å². The third kappa shape index (κ3) is 9.78. The summed E-state index contributed by atoms with van der Waals surface area (Å²) in [6.45, 7) is 17.7. The van der Waals surface area contributed by atoms with E-state index in [1.165, 1.54) is 20.1 Å². The Morgan fingerprint density at radius 1 is 0.804 bits per heavy atom. The van der Waals surface area contributed by atoms with Gasteiger partial charge in [-0.1, -0.05) is 59.6 Å². The zero-order valence-corrected chi connectivity index (χ0v) is 32.5. The van der Waals surface area contributed by atoms with Gasteiger partial charge in [0.05, 0.1) is 7.11 Å². The summed E-state index contributed by atoms with van der Waals surface area (Å²) in [5.41, 5.74) is 7.93. The summed E-state index contributed by atoms with van der Waals surface area (Å²) in [6.07, 6.45) is -5.61. The largest absolute Gasteiger partial charge is 0.496 e. The van der Waals surface area contributed by atoms with E-state index in [0.717, 1.165) is 31.9 Å². The average Bonchev–Trinajstić information content (AvgIpc) is 3.03. The summed E-state index contributed by atoms with van der Waals surface area (Å²) in [6, 6.07) is 12.7. The highest BCUT2D eigenvalue weighted by molar-refractivity contribution is 6.90. The van der Waals surface area contributed by atoms with Crippen molar-refractivity contribution in [2.45, 2.75) is 122 Å². The van der Waals surface area contributed by atoms with Crippen molar-refractivity contribution >= 4 is 32.0 Å². The molecule has 1 aliphatic rings. The molecule has 2 aromatic carbocycles. The molecule has 3 rings (SSSR count). The highest BCUT2D eigenvalue weighted by Gasteiger charge is 2.60. The minimum atomic E-state index is -2.46. The topological polar surface area (TPSA) is 144 Å². The molecule has 0 aromatic heterocycles. The van der Waals surface area contributed by atoms with Crippen LogP contribution in [0.3, 0.4) is 0 Å². The van der Waals surface area contributed by atoms with Crippen LogP contribution in [0, 0.1) is 11.5 Å². The summed E-state index contributed by atoms with van der Waals surface area (Å²) in [7, 11) is -0.385. The minimum Gasteiger partial charge on any atom is -0.496 e. The van der Waals surface area contributed by atoms with E-state index >= 15 is 0 Å². The summed E-state index contributed by atoms with van der Waals surface area (Å²) in [5, 5.41) is 12.3. The first-order valence-corrected chi connectivity index (χ1v) is 19.4. The molecule has 0 spiro atoms. The van der Waals surface area contributed by atoms with Crippen molar-refractivity contribution < 1.29 is 52.7 Å². The number of benzene rings is 2. The zero-order chi connectivity index (χ0) is 38.3. The summed E-state index contributed by atoms with van der Waals surface area (Å²) in [4.78, 5) is 48.6. The average molecular weight is 725 g/mol. The fourth-order valence-corrected chi connectivity index (χ4v) is 12.4. The smallest absolute Gasteiger partial charge is 0.303 e. The Balaban J connectivity index is 2.09. The Morgan fingerprint density at radius 3 is 1.84 bits per heavy atom. The second-order valence-corrected chi connectivity index (χ2v) is 19.5. The lowest BCUT2D eigenvalue weighted by Crippen LogP contribution is -2.66. The third-order valence-electron chi connectivity index (χ3n) is 9.39. The zero-order valence-electron chi connectivity index (χ0n) is 31.5. The fourth-order valence-electron chi connectivity index (χ4n) is 7.19. The molecule has 0 aliphatic carbocycles. The minimum absolute atomic E-state index is 0.121. The van der Waals surface area contributed by atoms with E-state index in [1.54, 1.807) is 12.1 Å². The molecule has 1 aliphatic heterocycles. The van der Waals surface area contributed by atoms with Gasteiger partial charge in [-0.15, -0.1) is 5.54 Å². The molecule has 51 heavy (non-hydrogen) atoms. The molecule has 278 valence electrons. The fraction of sp³-hybridized carbons (Fsp3) is 0.538. The van der Waals surface area contributed by atoms with E-state index in [-0.39, 0.29) is 5.56 Å². The normalized spacial score (nSPS) is 21.8. The first kappa shape index (κ1) is 41.2. The maximum atomic E-state index is 12.4. The van der Waals surface area contributed by atoms with Crippen LogP contribution in [0.2, 0.25) is 16.6 Å². The van der Waals surface area contributed by atoms with E-state index in [1.807, 2.05) is 24.3 Å². The maximum Gasteiger partial charge on any atom is 0.303 e. The van der Waals surface area contributed by atoms with Crippen LogP contribution in [-0.2, 0) is 55.1 Å². The number of aliphatic hydroxyl groups is 1. The van der Waals surface area contributed by atoms with Crippen molar-refractivity contribution in [2.24, 2.45) is 0 Å². The quantitative estimate of drug-likeness (QED) is 0.124. The van der Waals surface area contributed by atoms with Gasteiger partial charge >= 0.3 is 23.9 Å². The molecule has 0 amide bonds. The van der Waals surface area contributed by atoms with Crippen LogP contribution >= 0.6 is 0 Å². The van der Waals surface area contributed by atoms with Crippen LogP contribution in [0.15, 0.2) is 42.5 Å². The Morgan fingerprint density at radius 2 is 1.35 bits per heavy atom. The number of methoxy groups -OCH3 is 1. The van der Waals surface area contributed by atoms with E-state index in [2.05, 4.69) is 53.0 Å². The Labute approximate surface area is 302 Å². The van der Waals surface area contributed by atoms with Crippen molar-refractivity contribution in [3.8, 4) is 17.2 Å². The molecule has 11 nitrogen and oxygen atoms in total. The van der Waals surface area contributed by atoms with E-state index in [0.29, 0.717) is 34.4 Å². The number of carbonyl (C=O) groups is 4. The van der Waals surface area contributed by atoms with E-state index < -0.39 is 68.8 Å². The monoisotopic (exact) mass is 724 g/mol. The molecule has 5 atom stereocenters. The van der Waals surface area contributed by atoms with Gasteiger partial charge in [0.25, 0.3) is 0 Å². The number of carbonyl (C=O) groups excluding carboxylic acids is 4. The van der Waals surface area contributed by atoms with Gasteiger partial charge in [-0.25, -0.2) is 0 Å². The van der Waals surface area contributed by atoms with Gasteiger partial charge in [0, 0.05) is 45.2 Å². The molecular formula is C39H52O11Si. The molecule has 1 fully saturated rings. The molecule has 12 heteroatoms. The molecule has 0 radical (unpaired) electrons. The maximum absolute atomic E-state index is 12.4. The molecule has 1 heterocycles. The van der Waals surface area contributed by atoms with Gasteiger partial charge in [0.1, 0.15) is 26.5 Å². The van der Waals surface area contributed by atoms with Crippen LogP contribution in [0.5, 0.6) is 5.75 Å². The predicted molar refractivity (Wildman–Crippen MR) is 192 cm³/mol. The number of hydrogen-bond acceptors (Lipinski definition) is 11. The van der Waals surface area contributed by atoms with Gasteiger partial charge < -0.3 is 33.5 Å².